The van der Waals surface area contributed by atoms with Crippen LogP contribution in [0.15, 0.2) is 0 Å². The van der Waals surface area contributed by atoms with E-state index in [4.69, 9.17) is 16.6 Å². The number of aliphatic hydroxyl groups is 1. The standard InChI is InChI=1S/C15H25N5O7/c1-7(21)12(19-11(23)6-16)14(25)20-4-2-3-9(20)13(24)18-8(15(26)27)5-10(17)22/h7-9,12,21H,2-6,16H2,1H3,(H2,17,22)(H,18,24)(H,19,23)(H,26,27). The Balaban J connectivity index is 2.90. The molecule has 1 fully saturated rings. The second kappa shape index (κ2) is 9.83. The molecule has 8 N–H and O–H groups in total. The molecule has 0 saturated carbocycles. The van der Waals surface area contributed by atoms with Gasteiger partial charge in [-0.1, -0.05) is 0 Å². The monoisotopic (exact) mass is 387 g/mol. The summed E-state index contributed by atoms with van der Waals surface area (Å²) in [5, 5.41) is 23.4. The van der Waals surface area contributed by atoms with Gasteiger partial charge in [-0.2, -0.15) is 0 Å². The van der Waals surface area contributed by atoms with Crippen molar-refractivity contribution in [1.29, 1.82) is 0 Å². The number of aliphatic hydroxyl groups excluding tert-OH is 1. The van der Waals surface area contributed by atoms with E-state index in [0.29, 0.717) is 6.42 Å². The van der Waals surface area contributed by atoms with Gasteiger partial charge in [0.25, 0.3) is 0 Å². The van der Waals surface area contributed by atoms with E-state index >= 15 is 0 Å². The number of carboxylic acid groups (broad SMARTS) is 1. The summed E-state index contributed by atoms with van der Waals surface area (Å²) >= 11 is 0. The Kier molecular flexibility index (Phi) is 8.12. The predicted molar refractivity (Wildman–Crippen MR) is 90.8 cm³/mol. The number of hydrogen-bond acceptors (Lipinski definition) is 7. The Bertz CT molecular complexity index is 609. The zero-order valence-corrected chi connectivity index (χ0v) is 14.9. The fraction of sp³-hybridized carbons (Fsp3) is 0.667. The second-order valence-corrected chi connectivity index (χ2v) is 6.25. The first-order chi connectivity index (χ1) is 12.6. The number of carbonyl (C=O) groups excluding carboxylic acids is 4. The van der Waals surface area contributed by atoms with Crippen molar-refractivity contribution in [2.45, 2.75) is 50.4 Å². The van der Waals surface area contributed by atoms with Crippen LogP contribution in [0.4, 0.5) is 0 Å². The number of likely N-dealkylation sites (tertiary alicyclic amines) is 1. The third-order valence-corrected chi connectivity index (χ3v) is 4.11. The highest BCUT2D eigenvalue weighted by molar-refractivity contribution is 5.95. The first kappa shape index (κ1) is 22.3. The van der Waals surface area contributed by atoms with Crippen LogP contribution in [0.5, 0.6) is 0 Å². The van der Waals surface area contributed by atoms with Crippen LogP contribution in [-0.2, 0) is 24.0 Å². The van der Waals surface area contributed by atoms with Crippen molar-refractivity contribution in [1.82, 2.24) is 15.5 Å². The van der Waals surface area contributed by atoms with Gasteiger partial charge in [-0.05, 0) is 19.8 Å². The van der Waals surface area contributed by atoms with Crippen LogP contribution >= 0.6 is 0 Å². The first-order valence-electron chi connectivity index (χ1n) is 8.38. The lowest BCUT2D eigenvalue weighted by Gasteiger charge is -2.30. The molecule has 0 bridgehead atoms. The summed E-state index contributed by atoms with van der Waals surface area (Å²) in [5.41, 5.74) is 10.2. The molecule has 0 radical (unpaired) electrons. The number of rotatable bonds is 9. The van der Waals surface area contributed by atoms with Crippen molar-refractivity contribution in [2.75, 3.05) is 13.1 Å². The number of aliphatic carboxylic acids is 1. The molecular weight excluding hydrogens is 362 g/mol. The number of amides is 4. The van der Waals surface area contributed by atoms with Crippen molar-refractivity contribution in [3.63, 3.8) is 0 Å². The van der Waals surface area contributed by atoms with Gasteiger partial charge in [0.2, 0.25) is 23.6 Å². The fourth-order valence-electron chi connectivity index (χ4n) is 2.77. The van der Waals surface area contributed by atoms with E-state index in [0.717, 1.165) is 4.90 Å². The third-order valence-electron chi connectivity index (χ3n) is 4.11. The minimum atomic E-state index is -1.52. The van der Waals surface area contributed by atoms with Crippen molar-refractivity contribution >= 4 is 29.6 Å². The Morgan fingerprint density at radius 3 is 2.33 bits per heavy atom. The minimum Gasteiger partial charge on any atom is -0.480 e. The van der Waals surface area contributed by atoms with Gasteiger partial charge in [0.1, 0.15) is 18.1 Å². The van der Waals surface area contributed by atoms with Gasteiger partial charge in [-0.15, -0.1) is 0 Å². The first-order valence-corrected chi connectivity index (χ1v) is 8.38. The van der Waals surface area contributed by atoms with Gasteiger partial charge in [-0.3, -0.25) is 19.2 Å². The summed E-state index contributed by atoms with van der Waals surface area (Å²) in [7, 11) is 0. The maximum Gasteiger partial charge on any atom is 0.326 e. The van der Waals surface area contributed by atoms with Gasteiger partial charge in [0, 0.05) is 6.54 Å². The molecule has 1 saturated heterocycles. The molecule has 0 aromatic rings. The van der Waals surface area contributed by atoms with E-state index in [1.54, 1.807) is 0 Å². The van der Waals surface area contributed by atoms with E-state index in [9.17, 15) is 29.1 Å². The molecule has 0 spiro atoms. The van der Waals surface area contributed by atoms with Crippen molar-refractivity contribution in [3.8, 4) is 0 Å². The van der Waals surface area contributed by atoms with Crippen LogP contribution in [0.25, 0.3) is 0 Å². The van der Waals surface area contributed by atoms with E-state index in [1.807, 2.05) is 0 Å². The molecule has 0 aromatic carbocycles. The summed E-state index contributed by atoms with van der Waals surface area (Å²) in [6.45, 7) is 1.11. The van der Waals surface area contributed by atoms with Crippen molar-refractivity contribution in [2.24, 2.45) is 11.5 Å². The summed E-state index contributed by atoms with van der Waals surface area (Å²) in [5.74, 6) is -4.44. The average molecular weight is 387 g/mol. The maximum absolute atomic E-state index is 12.7. The van der Waals surface area contributed by atoms with Gasteiger partial charge in [-0.25, -0.2) is 4.79 Å². The molecule has 12 heteroatoms. The highest BCUT2D eigenvalue weighted by Crippen LogP contribution is 2.19. The van der Waals surface area contributed by atoms with Crippen molar-refractivity contribution in [3.05, 3.63) is 0 Å². The molecule has 1 rings (SSSR count). The van der Waals surface area contributed by atoms with Crippen LogP contribution in [0.3, 0.4) is 0 Å². The number of nitrogens with zero attached hydrogens (tertiary/aromatic N) is 1. The number of nitrogens with one attached hydrogen (secondary N) is 2. The molecule has 0 aromatic heterocycles. The Hall–Kier alpha value is -2.73. The molecule has 1 aliphatic rings. The lowest BCUT2D eigenvalue weighted by Crippen LogP contribution is -2.58. The zero-order chi connectivity index (χ0) is 20.7. The van der Waals surface area contributed by atoms with E-state index < -0.39 is 60.2 Å². The van der Waals surface area contributed by atoms with Crippen LogP contribution in [0.1, 0.15) is 26.2 Å². The number of hydrogen-bond donors (Lipinski definition) is 6. The third kappa shape index (κ3) is 6.18. The molecule has 152 valence electrons. The van der Waals surface area contributed by atoms with Gasteiger partial charge in [0.15, 0.2) is 0 Å². The normalized spacial score (nSPS) is 19.7. The zero-order valence-electron chi connectivity index (χ0n) is 14.9. The minimum absolute atomic E-state index is 0.187. The number of carbonyl (C=O) groups is 5. The molecule has 27 heavy (non-hydrogen) atoms. The topological polar surface area (TPSA) is 205 Å². The smallest absolute Gasteiger partial charge is 0.326 e. The Morgan fingerprint density at radius 2 is 1.85 bits per heavy atom. The average Bonchev–Trinajstić information content (AvgIpc) is 3.07. The summed E-state index contributed by atoms with van der Waals surface area (Å²) in [6.07, 6.45) is -1.10. The highest BCUT2D eigenvalue weighted by atomic mass is 16.4. The van der Waals surface area contributed by atoms with Crippen LogP contribution in [0, 0.1) is 0 Å². The van der Waals surface area contributed by atoms with Gasteiger partial charge in [0.05, 0.1) is 19.1 Å². The van der Waals surface area contributed by atoms with E-state index in [1.165, 1.54) is 6.92 Å². The Labute approximate surface area is 155 Å². The Morgan fingerprint density at radius 1 is 1.22 bits per heavy atom. The fourth-order valence-corrected chi connectivity index (χ4v) is 2.77. The maximum atomic E-state index is 12.7. The predicted octanol–water partition coefficient (Wildman–Crippen LogP) is -3.75. The van der Waals surface area contributed by atoms with Crippen LogP contribution in [-0.4, -0.2) is 82.0 Å². The SMILES string of the molecule is CC(O)C(NC(=O)CN)C(=O)N1CCCC1C(=O)NC(CC(N)=O)C(=O)O. The summed E-state index contributed by atoms with van der Waals surface area (Å²) < 4.78 is 0. The lowest BCUT2D eigenvalue weighted by atomic mass is 10.1. The quantitative estimate of drug-likeness (QED) is 0.231. The highest BCUT2D eigenvalue weighted by Gasteiger charge is 2.40. The molecule has 1 heterocycles. The molecule has 12 nitrogen and oxygen atoms in total. The molecule has 4 amide bonds. The van der Waals surface area contributed by atoms with E-state index in [-0.39, 0.29) is 19.5 Å². The summed E-state index contributed by atoms with van der Waals surface area (Å²) in [4.78, 5) is 59.9. The lowest BCUT2D eigenvalue weighted by molar-refractivity contribution is -0.146. The van der Waals surface area contributed by atoms with Gasteiger partial charge >= 0.3 is 5.97 Å². The van der Waals surface area contributed by atoms with Crippen molar-refractivity contribution < 1.29 is 34.2 Å². The largest absolute Gasteiger partial charge is 0.480 e. The summed E-state index contributed by atoms with van der Waals surface area (Å²) in [6, 6.07) is -3.81. The molecule has 0 aliphatic carbocycles. The van der Waals surface area contributed by atoms with Crippen LogP contribution in [0.2, 0.25) is 0 Å². The van der Waals surface area contributed by atoms with E-state index in [2.05, 4.69) is 10.6 Å². The number of nitrogens with two attached hydrogens (primary N) is 2. The molecule has 4 unspecified atom stereocenters. The van der Waals surface area contributed by atoms with Gasteiger partial charge < -0.3 is 37.2 Å². The molecular formula is C15H25N5O7. The number of carboxylic acids is 1. The molecule has 1 aliphatic heterocycles. The van der Waals surface area contributed by atoms with Crippen LogP contribution < -0.4 is 22.1 Å². The molecule has 4 atom stereocenters. The number of primary amides is 1. The second-order valence-electron chi connectivity index (χ2n) is 6.25.